The molecule has 1 aliphatic heterocycles. The van der Waals surface area contributed by atoms with E-state index < -0.39 is 0 Å². The van der Waals surface area contributed by atoms with Crippen LogP contribution in [0.4, 0.5) is 15.8 Å². The summed E-state index contributed by atoms with van der Waals surface area (Å²) in [5, 5.41) is 3.00. The van der Waals surface area contributed by atoms with Gasteiger partial charge in [0, 0.05) is 44.1 Å². The number of pyridine rings is 1. The summed E-state index contributed by atoms with van der Waals surface area (Å²) in [5.41, 5.74) is 2.63. The van der Waals surface area contributed by atoms with Gasteiger partial charge in [0.1, 0.15) is 5.82 Å². The number of aromatic nitrogens is 1. The van der Waals surface area contributed by atoms with E-state index in [-0.39, 0.29) is 11.7 Å². The van der Waals surface area contributed by atoms with E-state index in [2.05, 4.69) is 20.1 Å². The number of anilines is 2. The summed E-state index contributed by atoms with van der Waals surface area (Å²) in [4.78, 5) is 20.9. The van der Waals surface area contributed by atoms with Gasteiger partial charge in [0.2, 0.25) is 0 Å². The average molecular weight is 340 g/mol. The van der Waals surface area contributed by atoms with Crippen LogP contribution < -0.4 is 15.1 Å². The van der Waals surface area contributed by atoms with E-state index in [0.717, 1.165) is 50.4 Å². The molecule has 2 fully saturated rings. The third kappa shape index (κ3) is 3.73. The molecule has 5 nitrogen and oxygen atoms in total. The van der Waals surface area contributed by atoms with Gasteiger partial charge in [0.15, 0.2) is 0 Å². The number of benzene rings is 1. The van der Waals surface area contributed by atoms with Crippen LogP contribution in [-0.4, -0.2) is 43.1 Å². The van der Waals surface area contributed by atoms with E-state index in [9.17, 15) is 9.18 Å². The smallest absolute Gasteiger partial charge is 0.253 e. The predicted molar refractivity (Wildman–Crippen MR) is 95.6 cm³/mol. The number of nitrogens with one attached hydrogen (secondary N) is 1. The lowest BCUT2D eigenvalue weighted by molar-refractivity contribution is 0.0950. The van der Waals surface area contributed by atoms with Crippen molar-refractivity contribution in [2.75, 3.05) is 36.0 Å². The molecule has 2 aliphatic rings. The van der Waals surface area contributed by atoms with Crippen molar-refractivity contribution in [2.45, 2.75) is 18.9 Å². The zero-order valence-electron chi connectivity index (χ0n) is 14.0. The van der Waals surface area contributed by atoms with Gasteiger partial charge in [-0.1, -0.05) is 0 Å². The fraction of sp³-hybridized carbons (Fsp3) is 0.368. The van der Waals surface area contributed by atoms with Crippen LogP contribution >= 0.6 is 0 Å². The molecule has 0 radical (unpaired) electrons. The fourth-order valence-electron chi connectivity index (χ4n) is 3.10. The van der Waals surface area contributed by atoms with Crippen molar-refractivity contribution in [1.29, 1.82) is 0 Å². The summed E-state index contributed by atoms with van der Waals surface area (Å²) in [5.74, 6) is -0.253. The van der Waals surface area contributed by atoms with E-state index in [0.29, 0.717) is 11.6 Å². The number of halogens is 1. The molecule has 2 aromatic rings. The molecular weight excluding hydrogens is 319 g/mol. The summed E-state index contributed by atoms with van der Waals surface area (Å²) in [6.07, 6.45) is 5.58. The minimum atomic E-state index is -0.213. The molecule has 130 valence electrons. The van der Waals surface area contributed by atoms with Crippen LogP contribution in [0.2, 0.25) is 0 Å². The summed E-state index contributed by atoms with van der Waals surface area (Å²) in [6, 6.07) is 8.87. The van der Waals surface area contributed by atoms with Gasteiger partial charge in [0.05, 0.1) is 17.4 Å². The maximum atomic E-state index is 13.1. The first kappa shape index (κ1) is 15.9. The third-order valence-electron chi connectivity index (χ3n) is 4.74. The number of rotatable bonds is 4. The largest absolute Gasteiger partial charge is 0.368 e. The van der Waals surface area contributed by atoms with Gasteiger partial charge in [0.25, 0.3) is 5.91 Å². The van der Waals surface area contributed by atoms with Gasteiger partial charge < -0.3 is 15.1 Å². The lowest BCUT2D eigenvalue weighted by Gasteiger charge is -2.37. The molecule has 1 N–H and O–H groups in total. The lowest BCUT2D eigenvalue weighted by Crippen LogP contribution is -2.46. The van der Waals surface area contributed by atoms with E-state index in [1.807, 2.05) is 24.4 Å². The molecule has 0 unspecified atom stereocenters. The predicted octanol–water partition coefficient (Wildman–Crippen LogP) is 2.44. The lowest BCUT2D eigenvalue weighted by atomic mass is 10.2. The van der Waals surface area contributed by atoms with Crippen LogP contribution in [0.25, 0.3) is 0 Å². The number of nitrogens with zero attached hydrogens (tertiary/aromatic N) is 3. The van der Waals surface area contributed by atoms with Crippen molar-refractivity contribution < 1.29 is 9.18 Å². The van der Waals surface area contributed by atoms with Crippen LogP contribution in [-0.2, 0) is 0 Å². The zero-order chi connectivity index (χ0) is 17.2. The van der Waals surface area contributed by atoms with Crippen LogP contribution in [0.3, 0.4) is 0 Å². The summed E-state index contributed by atoms with van der Waals surface area (Å²) < 4.78 is 13.1. The van der Waals surface area contributed by atoms with Crippen molar-refractivity contribution in [3.63, 3.8) is 0 Å². The normalized spacial score (nSPS) is 17.5. The Labute approximate surface area is 146 Å². The molecule has 25 heavy (non-hydrogen) atoms. The van der Waals surface area contributed by atoms with E-state index >= 15 is 0 Å². The fourth-order valence-corrected chi connectivity index (χ4v) is 3.10. The maximum Gasteiger partial charge on any atom is 0.253 e. The van der Waals surface area contributed by atoms with Gasteiger partial charge in [-0.25, -0.2) is 4.39 Å². The van der Waals surface area contributed by atoms with Crippen LogP contribution in [0.15, 0.2) is 42.7 Å². The topological polar surface area (TPSA) is 48.5 Å². The molecule has 0 atom stereocenters. The minimum absolute atomic E-state index is 0.0400. The molecule has 1 aliphatic carbocycles. The van der Waals surface area contributed by atoms with Crippen molar-refractivity contribution in [1.82, 2.24) is 10.3 Å². The first-order chi connectivity index (χ1) is 12.2. The molecule has 1 saturated heterocycles. The first-order valence-electron chi connectivity index (χ1n) is 8.70. The Morgan fingerprint density at radius 1 is 1.00 bits per heavy atom. The molecule has 0 spiro atoms. The van der Waals surface area contributed by atoms with Gasteiger partial charge in [-0.05, 0) is 43.2 Å². The van der Waals surface area contributed by atoms with Crippen molar-refractivity contribution in [3.05, 3.63) is 54.1 Å². The highest BCUT2D eigenvalue weighted by molar-refractivity contribution is 5.95. The Balaban J connectivity index is 1.40. The summed E-state index contributed by atoms with van der Waals surface area (Å²) >= 11 is 0. The second-order valence-corrected chi connectivity index (χ2v) is 6.63. The Morgan fingerprint density at radius 2 is 1.64 bits per heavy atom. The quantitative estimate of drug-likeness (QED) is 0.929. The molecule has 1 aromatic carbocycles. The standard InChI is InChI=1S/C19H21FN4O/c20-15-1-5-17(6-2-15)23-7-9-24(10-8-23)18-11-14(12-21-13-18)19(25)22-16-3-4-16/h1-2,5-6,11-13,16H,3-4,7-10H2,(H,22,25). The maximum absolute atomic E-state index is 13.1. The second-order valence-electron chi connectivity index (χ2n) is 6.63. The number of carbonyl (C=O) groups excluding carboxylic acids is 1. The number of piperazine rings is 1. The van der Waals surface area contributed by atoms with Crippen molar-refractivity contribution in [2.24, 2.45) is 0 Å². The highest BCUT2D eigenvalue weighted by Crippen LogP contribution is 2.22. The van der Waals surface area contributed by atoms with Crippen molar-refractivity contribution >= 4 is 17.3 Å². The molecule has 2 heterocycles. The second kappa shape index (κ2) is 6.70. The molecule has 1 aromatic heterocycles. The number of amides is 1. The van der Waals surface area contributed by atoms with Crippen LogP contribution in [0.1, 0.15) is 23.2 Å². The summed E-state index contributed by atoms with van der Waals surface area (Å²) in [7, 11) is 0. The zero-order valence-corrected chi connectivity index (χ0v) is 14.0. The highest BCUT2D eigenvalue weighted by Gasteiger charge is 2.24. The molecule has 1 saturated carbocycles. The molecule has 6 heteroatoms. The Kier molecular flexibility index (Phi) is 4.26. The number of hydrogen-bond acceptors (Lipinski definition) is 4. The first-order valence-corrected chi connectivity index (χ1v) is 8.70. The van der Waals surface area contributed by atoms with E-state index in [1.165, 1.54) is 12.1 Å². The highest BCUT2D eigenvalue weighted by atomic mass is 19.1. The third-order valence-corrected chi connectivity index (χ3v) is 4.74. The SMILES string of the molecule is O=C(NC1CC1)c1cncc(N2CCN(c3ccc(F)cc3)CC2)c1. The van der Waals surface area contributed by atoms with Crippen molar-refractivity contribution in [3.8, 4) is 0 Å². The Hall–Kier alpha value is -2.63. The van der Waals surface area contributed by atoms with E-state index in [4.69, 9.17) is 0 Å². The Bertz CT molecular complexity index is 752. The van der Waals surface area contributed by atoms with Gasteiger partial charge in [-0.15, -0.1) is 0 Å². The van der Waals surface area contributed by atoms with E-state index in [1.54, 1.807) is 6.20 Å². The van der Waals surface area contributed by atoms with Crippen LogP contribution in [0, 0.1) is 5.82 Å². The molecule has 0 bridgehead atoms. The monoisotopic (exact) mass is 340 g/mol. The van der Waals surface area contributed by atoms with Gasteiger partial charge in [-0.2, -0.15) is 0 Å². The number of hydrogen-bond donors (Lipinski definition) is 1. The molecule has 4 rings (SSSR count). The van der Waals surface area contributed by atoms with Gasteiger partial charge >= 0.3 is 0 Å². The van der Waals surface area contributed by atoms with Gasteiger partial charge in [-0.3, -0.25) is 9.78 Å². The molecular formula is C19H21FN4O. The summed E-state index contributed by atoms with van der Waals surface area (Å²) in [6.45, 7) is 3.38. The Morgan fingerprint density at radius 3 is 2.28 bits per heavy atom. The minimum Gasteiger partial charge on any atom is -0.368 e. The molecule has 1 amide bonds. The number of carbonyl (C=O) groups is 1. The van der Waals surface area contributed by atoms with Crippen LogP contribution in [0.5, 0.6) is 0 Å². The average Bonchev–Trinajstić information content (AvgIpc) is 3.47.